The lowest BCUT2D eigenvalue weighted by Crippen LogP contribution is -2.27. The second kappa shape index (κ2) is 9.15. The largest absolute Gasteiger partial charge is 0.493 e. The molecule has 3 rings (SSSR count). The Morgan fingerprint density at radius 2 is 2.00 bits per heavy atom. The normalized spacial score (nSPS) is 14.7. The van der Waals surface area contributed by atoms with E-state index < -0.39 is 17.1 Å². The van der Waals surface area contributed by atoms with E-state index in [2.05, 4.69) is 6.07 Å². The molecule has 2 aromatic rings. The summed E-state index contributed by atoms with van der Waals surface area (Å²) in [6.45, 7) is -0.270. The third-order valence-corrected chi connectivity index (χ3v) is 5.10. The molecular formula is C21H17N3O5S. The number of nitrogens with zero attached hydrogens (tertiary/aromatic N) is 2. The van der Waals surface area contributed by atoms with E-state index in [1.807, 2.05) is 0 Å². The Morgan fingerprint density at radius 3 is 2.70 bits per heavy atom. The molecule has 3 amide bonds. The van der Waals surface area contributed by atoms with Gasteiger partial charge in [0.1, 0.15) is 0 Å². The Labute approximate surface area is 176 Å². The number of thioether (sulfide) groups is 1. The predicted octanol–water partition coefficient (Wildman–Crippen LogP) is 2.67. The number of rotatable bonds is 7. The number of hydrogen-bond donors (Lipinski definition) is 1. The van der Waals surface area contributed by atoms with Crippen LogP contribution in [0.4, 0.5) is 4.79 Å². The maximum absolute atomic E-state index is 12.7. The van der Waals surface area contributed by atoms with Crippen LogP contribution in [0.5, 0.6) is 11.5 Å². The molecule has 1 heterocycles. The standard InChI is InChI=1S/C21H17N3O5S/c1-28-17-8-13(6-7-16(17)29-12-19(23)25)9-18-20(26)24(21(27)30-18)11-15-5-3-2-4-14(15)10-22/h2-9H,11-12H2,1H3,(H2,23,25)/b18-9+. The highest BCUT2D eigenvalue weighted by molar-refractivity contribution is 8.18. The lowest BCUT2D eigenvalue weighted by molar-refractivity contribution is -0.123. The zero-order valence-electron chi connectivity index (χ0n) is 16.0. The predicted molar refractivity (Wildman–Crippen MR) is 110 cm³/mol. The van der Waals surface area contributed by atoms with Crippen molar-refractivity contribution in [2.45, 2.75) is 6.54 Å². The fraction of sp³-hybridized carbons (Fsp3) is 0.143. The van der Waals surface area contributed by atoms with Crippen molar-refractivity contribution in [3.63, 3.8) is 0 Å². The number of carbonyl (C=O) groups is 3. The van der Waals surface area contributed by atoms with E-state index in [0.29, 0.717) is 28.2 Å². The van der Waals surface area contributed by atoms with E-state index in [0.717, 1.165) is 16.7 Å². The molecule has 0 bridgehead atoms. The summed E-state index contributed by atoms with van der Waals surface area (Å²) < 4.78 is 10.5. The van der Waals surface area contributed by atoms with Gasteiger partial charge in [-0.15, -0.1) is 0 Å². The number of imide groups is 1. The number of hydrogen-bond acceptors (Lipinski definition) is 7. The van der Waals surface area contributed by atoms with Gasteiger partial charge in [0.2, 0.25) is 0 Å². The van der Waals surface area contributed by atoms with Gasteiger partial charge in [0, 0.05) is 0 Å². The molecule has 152 valence electrons. The van der Waals surface area contributed by atoms with Crippen LogP contribution in [0, 0.1) is 11.3 Å². The average molecular weight is 423 g/mol. The first-order valence-corrected chi connectivity index (χ1v) is 9.57. The van der Waals surface area contributed by atoms with Crippen LogP contribution in [0.1, 0.15) is 16.7 Å². The Kier molecular flexibility index (Phi) is 6.39. The highest BCUT2D eigenvalue weighted by atomic mass is 32.2. The van der Waals surface area contributed by atoms with Crippen LogP contribution in [-0.2, 0) is 16.1 Å². The van der Waals surface area contributed by atoms with Gasteiger partial charge in [0.25, 0.3) is 17.1 Å². The van der Waals surface area contributed by atoms with Gasteiger partial charge in [-0.25, -0.2) is 0 Å². The molecule has 2 N–H and O–H groups in total. The smallest absolute Gasteiger partial charge is 0.293 e. The van der Waals surface area contributed by atoms with Gasteiger partial charge in [0.05, 0.1) is 30.2 Å². The van der Waals surface area contributed by atoms with Crippen molar-refractivity contribution in [1.82, 2.24) is 4.90 Å². The molecule has 1 aliphatic rings. The summed E-state index contributed by atoms with van der Waals surface area (Å²) in [6.07, 6.45) is 1.57. The van der Waals surface area contributed by atoms with E-state index in [9.17, 15) is 19.6 Å². The number of nitrogens with two attached hydrogens (primary N) is 1. The van der Waals surface area contributed by atoms with Gasteiger partial charge in [-0.1, -0.05) is 24.3 Å². The molecule has 1 aliphatic heterocycles. The molecule has 1 fully saturated rings. The zero-order valence-corrected chi connectivity index (χ0v) is 16.8. The zero-order chi connectivity index (χ0) is 21.7. The van der Waals surface area contributed by atoms with Gasteiger partial charge in [-0.05, 0) is 47.2 Å². The molecule has 0 unspecified atom stereocenters. The number of ether oxygens (including phenoxy) is 2. The van der Waals surface area contributed by atoms with Crippen LogP contribution in [-0.4, -0.2) is 35.7 Å². The average Bonchev–Trinajstić information content (AvgIpc) is 3.00. The lowest BCUT2D eigenvalue weighted by atomic mass is 10.1. The van der Waals surface area contributed by atoms with E-state index in [-0.39, 0.29) is 18.1 Å². The molecule has 0 aliphatic carbocycles. The number of amides is 3. The molecule has 9 heteroatoms. The maximum atomic E-state index is 12.7. The van der Waals surface area contributed by atoms with E-state index in [1.54, 1.807) is 48.5 Å². The Morgan fingerprint density at radius 1 is 1.23 bits per heavy atom. The van der Waals surface area contributed by atoms with E-state index in [4.69, 9.17) is 15.2 Å². The molecular weight excluding hydrogens is 406 g/mol. The number of carbonyl (C=O) groups excluding carboxylic acids is 3. The van der Waals surface area contributed by atoms with Gasteiger partial charge >= 0.3 is 0 Å². The summed E-state index contributed by atoms with van der Waals surface area (Å²) in [5.74, 6) is -0.375. The van der Waals surface area contributed by atoms with Crippen LogP contribution in [0.2, 0.25) is 0 Å². The molecule has 0 atom stereocenters. The maximum Gasteiger partial charge on any atom is 0.293 e. The first kappa shape index (κ1) is 21.0. The highest BCUT2D eigenvalue weighted by Gasteiger charge is 2.35. The van der Waals surface area contributed by atoms with Crippen LogP contribution in [0.25, 0.3) is 6.08 Å². The van der Waals surface area contributed by atoms with Crippen molar-refractivity contribution in [3.05, 3.63) is 64.1 Å². The van der Waals surface area contributed by atoms with Gasteiger partial charge in [0.15, 0.2) is 18.1 Å². The second-order valence-corrected chi connectivity index (χ2v) is 7.20. The fourth-order valence-electron chi connectivity index (χ4n) is 2.77. The number of nitriles is 1. The molecule has 0 aromatic heterocycles. The summed E-state index contributed by atoms with van der Waals surface area (Å²) in [5, 5.41) is 8.80. The summed E-state index contributed by atoms with van der Waals surface area (Å²) in [4.78, 5) is 37.4. The van der Waals surface area contributed by atoms with Crippen molar-refractivity contribution in [2.24, 2.45) is 5.73 Å². The van der Waals surface area contributed by atoms with Crippen LogP contribution in [0.15, 0.2) is 47.4 Å². The monoisotopic (exact) mass is 423 g/mol. The Balaban J connectivity index is 1.81. The van der Waals surface area contributed by atoms with Crippen molar-refractivity contribution in [1.29, 1.82) is 5.26 Å². The molecule has 8 nitrogen and oxygen atoms in total. The first-order valence-electron chi connectivity index (χ1n) is 8.75. The van der Waals surface area contributed by atoms with Crippen molar-refractivity contribution in [2.75, 3.05) is 13.7 Å². The minimum Gasteiger partial charge on any atom is -0.493 e. The van der Waals surface area contributed by atoms with E-state index in [1.165, 1.54) is 7.11 Å². The molecule has 0 radical (unpaired) electrons. The highest BCUT2D eigenvalue weighted by Crippen LogP contribution is 2.35. The number of methoxy groups -OCH3 is 1. The molecule has 30 heavy (non-hydrogen) atoms. The van der Waals surface area contributed by atoms with Gasteiger partial charge in [-0.3, -0.25) is 19.3 Å². The van der Waals surface area contributed by atoms with E-state index >= 15 is 0 Å². The minimum absolute atomic E-state index is 0.0228. The first-order chi connectivity index (χ1) is 14.4. The Bertz CT molecular complexity index is 1090. The topological polar surface area (TPSA) is 123 Å². The third-order valence-electron chi connectivity index (χ3n) is 4.20. The summed E-state index contributed by atoms with van der Waals surface area (Å²) in [6, 6.07) is 13.7. The molecule has 1 saturated heterocycles. The lowest BCUT2D eigenvalue weighted by Gasteiger charge is -2.13. The SMILES string of the molecule is COc1cc(/C=C2/SC(=O)N(Cc3ccccc3C#N)C2=O)ccc1OCC(N)=O. The van der Waals surface area contributed by atoms with Crippen LogP contribution >= 0.6 is 11.8 Å². The second-order valence-electron chi connectivity index (χ2n) is 6.20. The van der Waals surface area contributed by atoms with Crippen molar-refractivity contribution in [3.8, 4) is 17.6 Å². The van der Waals surface area contributed by atoms with Crippen LogP contribution < -0.4 is 15.2 Å². The minimum atomic E-state index is -0.618. The Hall–Kier alpha value is -3.77. The van der Waals surface area contributed by atoms with Crippen molar-refractivity contribution < 1.29 is 23.9 Å². The fourth-order valence-corrected chi connectivity index (χ4v) is 3.61. The molecule has 2 aromatic carbocycles. The van der Waals surface area contributed by atoms with Gasteiger partial charge in [-0.2, -0.15) is 5.26 Å². The number of primary amides is 1. The summed E-state index contributed by atoms with van der Waals surface area (Å²) in [7, 11) is 1.44. The third kappa shape index (κ3) is 4.61. The van der Waals surface area contributed by atoms with Gasteiger partial charge < -0.3 is 15.2 Å². The van der Waals surface area contributed by atoms with Crippen LogP contribution in [0.3, 0.4) is 0 Å². The summed E-state index contributed by atoms with van der Waals surface area (Å²) >= 11 is 0.824. The van der Waals surface area contributed by atoms with Crippen molar-refractivity contribution >= 4 is 34.9 Å². The quantitative estimate of drug-likeness (QED) is 0.679. The molecule has 0 saturated carbocycles. The summed E-state index contributed by atoms with van der Waals surface area (Å²) in [5.41, 5.74) is 6.70. The molecule has 0 spiro atoms. The number of benzene rings is 2.